The lowest BCUT2D eigenvalue weighted by atomic mass is 10.1. The van der Waals surface area contributed by atoms with Crippen LogP contribution in [0.25, 0.3) is 0 Å². The lowest BCUT2D eigenvalue weighted by molar-refractivity contribution is -0.150. The molecule has 0 aromatic heterocycles. The fourth-order valence-electron chi connectivity index (χ4n) is 1.58. The first kappa shape index (κ1) is 16.9. The number of hydrogen-bond acceptors (Lipinski definition) is 4. The van der Waals surface area contributed by atoms with Crippen molar-refractivity contribution in [3.05, 3.63) is 35.9 Å². The number of benzene rings is 1. The van der Waals surface area contributed by atoms with Crippen molar-refractivity contribution in [2.45, 2.75) is 26.6 Å². The average Bonchev–Trinajstić information content (AvgIpc) is 2.51. The third kappa shape index (κ3) is 6.25. The van der Waals surface area contributed by atoms with Gasteiger partial charge in [-0.3, -0.25) is 0 Å². The molecule has 0 saturated carbocycles. The summed E-state index contributed by atoms with van der Waals surface area (Å²) in [7, 11) is 0. The Bertz CT molecular complexity index is 452. The van der Waals surface area contributed by atoms with Gasteiger partial charge in [-0.05, 0) is 12.5 Å². The minimum atomic E-state index is -1.76. The third-order valence-electron chi connectivity index (χ3n) is 2.79. The molecule has 5 nitrogen and oxygen atoms in total. The summed E-state index contributed by atoms with van der Waals surface area (Å²) >= 11 is 0. The Morgan fingerprint density at radius 2 is 1.90 bits per heavy atom. The van der Waals surface area contributed by atoms with E-state index in [2.05, 4.69) is 10.1 Å². The Balaban J connectivity index is 2.27. The van der Waals surface area contributed by atoms with Gasteiger partial charge >= 0.3 is 12.1 Å². The number of nitrogens with one attached hydrogen (secondary N) is 1. The molecular formula is C15H20FNO4. The SMILES string of the molecule is CCOC(=O)C(F)C(C)CNC(=O)OCc1ccccc1. The standard InChI is InChI=1S/C15H20FNO4/c1-3-20-14(18)13(16)11(2)9-17-15(19)21-10-12-7-5-4-6-8-12/h4-8,11,13H,3,9-10H2,1-2H3,(H,17,19). The molecular weight excluding hydrogens is 277 g/mol. The molecule has 6 heteroatoms. The van der Waals surface area contributed by atoms with Gasteiger partial charge in [-0.15, -0.1) is 0 Å². The maximum atomic E-state index is 13.6. The zero-order valence-corrected chi connectivity index (χ0v) is 12.2. The van der Waals surface area contributed by atoms with Gasteiger partial charge < -0.3 is 14.8 Å². The Morgan fingerprint density at radius 3 is 2.52 bits per heavy atom. The summed E-state index contributed by atoms with van der Waals surface area (Å²) in [5.41, 5.74) is 0.857. The monoisotopic (exact) mass is 297 g/mol. The number of amides is 1. The summed E-state index contributed by atoms with van der Waals surface area (Å²) in [6.07, 6.45) is -2.42. The second-order valence-electron chi connectivity index (χ2n) is 4.57. The van der Waals surface area contributed by atoms with Crippen LogP contribution in [0.2, 0.25) is 0 Å². The molecule has 21 heavy (non-hydrogen) atoms. The number of alkyl carbamates (subject to hydrolysis) is 1. The predicted molar refractivity (Wildman–Crippen MR) is 75.3 cm³/mol. The highest BCUT2D eigenvalue weighted by Gasteiger charge is 2.26. The molecule has 2 unspecified atom stereocenters. The van der Waals surface area contributed by atoms with Crippen molar-refractivity contribution in [3.63, 3.8) is 0 Å². The van der Waals surface area contributed by atoms with Crippen LogP contribution < -0.4 is 5.32 Å². The lowest BCUT2D eigenvalue weighted by Gasteiger charge is -2.16. The molecule has 0 heterocycles. The zero-order valence-electron chi connectivity index (χ0n) is 12.2. The van der Waals surface area contributed by atoms with E-state index in [4.69, 9.17) is 4.74 Å². The van der Waals surface area contributed by atoms with Gasteiger partial charge in [0.25, 0.3) is 0 Å². The van der Waals surface area contributed by atoms with Crippen LogP contribution in [-0.2, 0) is 20.9 Å². The van der Waals surface area contributed by atoms with E-state index in [-0.39, 0.29) is 19.8 Å². The molecule has 1 aromatic rings. The van der Waals surface area contributed by atoms with Crippen molar-refractivity contribution >= 4 is 12.1 Å². The van der Waals surface area contributed by atoms with Gasteiger partial charge in [-0.1, -0.05) is 37.3 Å². The first-order valence-corrected chi connectivity index (χ1v) is 6.79. The summed E-state index contributed by atoms with van der Waals surface area (Å²) in [5.74, 6) is -1.60. The van der Waals surface area contributed by atoms with Crippen LogP contribution in [0.15, 0.2) is 30.3 Å². The van der Waals surface area contributed by atoms with Crippen LogP contribution >= 0.6 is 0 Å². The van der Waals surface area contributed by atoms with Crippen LogP contribution in [0, 0.1) is 5.92 Å². The molecule has 116 valence electrons. The van der Waals surface area contributed by atoms with Gasteiger partial charge in [-0.2, -0.15) is 0 Å². The van der Waals surface area contributed by atoms with Gasteiger partial charge in [-0.25, -0.2) is 14.0 Å². The quantitative estimate of drug-likeness (QED) is 0.785. The number of ether oxygens (including phenoxy) is 2. The van der Waals surface area contributed by atoms with Gasteiger partial charge in [0, 0.05) is 12.5 Å². The highest BCUT2D eigenvalue weighted by Crippen LogP contribution is 2.08. The van der Waals surface area contributed by atoms with Crippen molar-refractivity contribution < 1.29 is 23.5 Å². The van der Waals surface area contributed by atoms with Gasteiger partial charge in [0.2, 0.25) is 6.17 Å². The van der Waals surface area contributed by atoms with Crippen molar-refractivity contribution in [1.82, 2.24) is 5.32 Å². The average molecular weight is 297 g/mol. The normalized spacial score (nSPS) is 13.1. The van der Waals surface area contributed by atoms with Crippen molar-refractivity contribution in [1.29, 1.82) is 0 Å². The molecule has 0 aliphatic carbocycles. The first-order chi connectivity index (χ1) is 10.0. The highest BCUT2D eigenvalue weighted by molar-refractivity contribution is 5.75. The molecule has 0 bridgehead atoms. The largest absolute Gasteiger partial charge is 0.464 e. The smallest absolute Gasteiger partial charge is 0.407 e. The fraction of sp³-hybridized carbons (Fsp3) is 0.467. The summed E-state index contributed by atoms with van der Waals surface area (Å²) < 4.78 is 23.2. The number of carbonyl (C=O) groups is 2. The molecule has 1 rings (SSSR count). The molecule has 0 fully saturated rings. The number of alkyl halides is 1. The second kappa shape index (κ2) is 8.94. The van der Waals surface area contributed by atoms with E-state index in [1.165, 1.54) is 6.92 Å². The van der Waals surface area contributed by atoms with E-state index in [0.29, 0.717) is 0 Å². The molecule has 1 aromatic carbocycles. The molecule has 0 saturated heterocycles. The number of halogens is 1. The summed E-state index contributed by atoms with van der Waals surface area (Å²) in [6.45, 7) is 3.37. The van der Waals surface area contributed by atoms with Crippen LogP contribution in [0.4, 0.5) is 9.18 Å². The number of hydrogen-bond donors (Lipinski definition) is 1. The summed E-state index contributed by atoms with van der Waals surface area (Å²) in [4.78, 5) is 22.7. The molecule has 0 spiro atoms. The zero-order chi connectivity index (χ0) is 15.7. The van der Waals surface area contributed by atoms with Crippen LogP contribution in [0.5, 0.6) is 0 Å². The van der Waals surface area contributed by atoms with E-state index in [1.54, 1.807) is 6.92 Å². The third-order valence-corrected chi connectivity index (χ3v) is 2.79. The molecule has 1 N–H and O–H groups in total. The van der Waals surface area contributed by atoms with Crippen LogP contribution in [0.1, 0.15) is 19.4 Å². The van der Waals surface area contributed by atoms with Crippen LogP contribution in [-0.4, -0.2) is 31.4 Å². The van der Waals surface area contributed by atoms with Gasteiger partial charge in [0.05, 0.1) is 6.61 Å². The predicted octanol–water partition coefficient (Wildman–Crippen LogP) is 2.45. The lowest BCUT2D eigenvalue weighted by Crippen LogP contribution is -2.36. The topological polar surface area (TPSA) is 64.6 Å². The molecule has 2 atom stereocenters. The molecule has 1 amide bonds. The molecule has 0 aliphatic rings. The number of rotatable bonds is 7. The Labute approximate surface area is 123 Å². The molecule has 0 radical (unpaired) electrons. The van der Waals surface area contributed by atoms with E-state index in [0.717, 1.165) is 5.56 Å². The highest BCUT2D eigenvalue weighted by atomic mass is 19.1. The van der Waals surface area contributed by atoms with E-state index >= 15 is 0 Å². The second-order valence-corrected chi connectivity index (χ2v) is 4.57. The summed E-state index contributed by atoms with van der Waals surface area (Å²) in [5, 5.41) is 2.42. The Hall–Kier alpha value is -2.11. The fourth-order valence-corrected chi connectivity index (χ4v) is 1.58. The Kier molecular flexibility index (Phi) is 7.21. The van der Waals surface area contributed by atoms with E-state index in [9.17, 15) is 14.0 Å². The number of carbonyl (C=O) groups excluding carboxylic acids is 2. The van der Waals surface area contributed by atoms with Gasteiger partial charge in [0.1, 0.15) is 6.61 Å². The maximum absolute atomic E-state index is 13.6. The minimum absolute atomic E-state index is 0.00635. The minimum Gasteiger partial charge on any atom is -0.464 e. The van der Waals surface area contributed by atoms with E-state index < -0.39 is 24.2 Å². The first-order valence-electron chi connectivity index (χ1n) is 6.79. The Morgan fingerprint density at radius 1 is 1.24 bits per heavy atom. The van der Waals surface area contributed by atoms with E-state index in [1.807, 2.05) is 30.3 Å². The van der Waals surface area contributed by atoms with Crippen molar-refractivity contribution in [3.8, 4) is 0 Å². The van der Waals surface area contributed by atoms with Crippen molar-refractivity contribution in [2.24, 2.45) is 5.92 Å². The molecule has 0 aliphatic heterocycles. The van der Waals surface area contributed by atoms with Crippen molar-refractivity contribution in [2.75, 3.05) is 13.2 Å². The van der Waals surface area contributed by atoms with Crippen LogP contribution in [0.3, 0.4) is 0 Å². The summed E-state index contributed by atoms with van der Waals surface area (Å²) in [6, 6.07) is 9.20. The maximum Gasteiger partial charge on any atom is 0.407 e. The van der Waals surface area contributed by atoms with Gasteiger partial charge in [0.15, 0.2) is 0 Å². The number of esters is 1.